The molecule has 1 aromatic heterocycles. The fraction of sp³-hybridized carbons (Fsp3) is 0.936. The summed E-state index contributed by atoms with van der Waals surface area (Å²) >= 11 is 0. The Morgan fingerprint density at radius 2 is 0.863 bits per heavy atom. The number of rotatable bonds is 7. The van der Waals surface area contributed by atoms with E-state index in [1.165, 1.54) is 213 Å². The number of aliphatic hydroxyl groups is 3. The van der Waals surface area contributed by atoms with E-state index in [4.69, 9.17) is 38.3 Å². The van der Waals surface area contributed by atoms with Crippen molar-refractivity contribution in [3.63, 3.8) is 0 Å². The third kappa shape index (κ3) is 51.5. The molecule has 0 amide bonds. The quantitative estimate of drug-likeness (QED) is 0.186. The second kappa shape index (κ2) is 60.1. The standard InChI is InChI=1S/C10H14N2.C7H16N2O.3C7H16N2.3C6H14N2.C6H13NO.C6H13N.C5H12N2.C5H11NO/c1-12-7-4-10(8-12)9-2-5-11-6-3-9;1-9-4-2-7(6-9)8-3-5-10;1-6-4-9(3)5-7(2)8-6;1-9-4-2-7(6-8)3-5-9;1-9-4-2-3-7(5-8)6-9;1-6-5-8(2)4-3-7-6;1-8-4-2-6(7)3-5-8;1-8-4-2-3-6(7)5-8;1-7-3-2-6(4-7)5-8;1-7-5-3-2-4-6-7;1-7-4-2-6-3-5-7;1-6-3-2-5(7)4-6/h2-3,5-6,10H,4,7-8H2,1H3;7-8,10H,2-6H2,1H3;6-8H,4-5H2,1-3H3;2*7H,2-6,8H2,1H3;6-7H,3-5H2,1-2H3;2*6H,2-5,7H2,1H3;6,8H,2-5H2,1H3;2-6H2,1H3;6H,2-5H2,1H3;5,7H,2-4H2,1H3. The zero-order valence-corrected chi connectivity index (χ0v) is 68.9. The second-order valence-corrected chi connectivity index (χ2v) is 32.8. The molecule has 0 aliphatic carbocycles. The van der Waals surface area contributed by atoms with Gasteiger partial charge in [0.1, 0.15) is 0 Å². The minimum absolute atomic E-state index is 0.0509. The molecule has 9 unspecified atom stereocenters. The molecule has 12 fully saturated rings. The molecular formula is C78H169N21O3. The molecule has 24 heteroatoms. The predicted octanol–water partition coefficient (Wildman–Crippen LogP) is 1.87. The minimum atomic E-state index is -0.0509. The molecule has 12 saturated heterocycles. The highest BCUT2D eigenvalue weighted by Crippen LogP contribution is 2.25. The molecule has 9 atom stereocenters. The van der Waals surface area contributed by atoms with Gasteiger partial charge in [0.2, 0.25) is 0 Å². The zero-order valence-electron chi connectivity index (χ0n) is 68.9. The van der Waals surface area contributed by atoms with E-state index >= 15 is 0 Å². The fourth-order valence-corrected chi connectivity index (χ4v) is 14.9. The summed E-state index contributed by atoms with van der Waals surface area (Å²) < 4.78 is 0. The van der Waals surface area contributed by atoms with Gasteiger partial charge in [0.25, 0.3) is 0 Å². The van der Waals surface area contributed by atoms with Crippen LogP contribution in [0.4, 0.5) is 0 Å². The predicted molar refractivity (Wildman–Crippen MR) is 435 cm³/mol. The van der Waals surface area contributed by atoms with E-state index in [1.807, 2.05) is 19.4 Å². The number of likely N-dealkylation sites (tertiary alicyclic amines) is 9. The lowest BCUT2D eigenvalue weighted by Gasteiger charge is -2.33. The molecule has 0 saturated carbocycles. The van der Waals surface area contributed by atoms with Gasteiger partial charge in [-0.1, -0.05) is 6.42 Å². The number of likely N-dealkylation sites (N-methyl/N-ethyl adjacent to an activating group) is 7. The SMILES string of the molecule is CC1CN(C)CC(C)N1.CC1CN(C)CCN1.CN1CCC(CN)CC1.CN1CCC(CO)C1.CN1CCC(N)CC1.CN1CCC(NCCO)C1.CN1CCC(O)C1.CN1CCC(c2ccncc2)C1.CN1CCCC(CN)C1.CN1CCCC(N)C1.CN1CCCCC1.CN1CCNCC1. The van der Waals surface area contributed by atoms with Gasteiger partial charge in [-0.2, -0.15) is 0 Å². The summed E-state index contributed by atoms with van der Waals surface area (Å²) in [5.74, 6) is 2.86. The smallest absolute Gasteiger partial charge is 0.0679 e. The molecule has 13 heterocycles. The summed E-state index contributed by atoms with van der Waals surface area (Å²) in [6, 6.07) is 7.80. The van der Waals surface area contributed by atoms with E-state index in [2.05, 4.69) is 195 Å². The molecule has 15 N–H and O–H groups in total. The maximum Gasteiger partial charge on any atom is 0.0679 e. The summed E-state index contributed by atoms with van der Waals surface area (Å²) in [6.07, 6.45) is 22.7. The van der Waals surface area contributed by atoms with Crippen molar-refractivity contribution >= 4 is 0 Å². The maximum atomic E-state index is 8.86. The second-order valence-electron chi connectivity index (χ2n) is 32.8. The van der Waals surface area contributed by atoms with Crippen LogP contribution in [0.5, 0.6) is 0 Å². The lowest BCUT2D eigenvalue weighted by Crippen LogP contribution is -2.52. The van der Waals surface area contributed by atoms with Gasteiger partial charge in [-0.25, -0.2) is 0 Å². The average molecular weight is 1450 g/mol. The summed E-state index contributed by atoms with van der Waals surface area (Å²) in [5.41, 5.74) is 23.9. The highest BCUT2D eigenvalue weighted by molar-refractivity contribution is 5.17. The van der Waals surface area contributed by atoms with Crippen LogP contribution in [-0.4, -0.2) is 416 Å². The Morgan fingerprint density at radius 1 is 0.412 bits per heavy atom. The van der Waals surface area contributed by atoms with Crippen LogP contribution in [-0.2, 0) is 0 Å². The van der Waals surface area contributed by atoms with Gasteiger partial charge in [-0.05, 0) is 322 Å². The summed E-state index contributed by atoms with van der Waals surface area (Å²) in [5, 5.41) is 39.4. The van der Waals surface area contributed by atoms with Crippen LogP contribution in [0.3, 0.4) is 0 Å². The molecule has 12 aliphatic rings. The van der Waals surface area contributed by atoms with Crippen molar-refractivity contribution in [2.24, 2.45) is 40.7 Å². The van der Waals surface area contributed by atoms with Crippen LogP contribution in [0, 0.1) is 17.8 Å². The number of aromatic nitrogens is 1. The lowest BCUT2D eigenvalue weighted by atomic mass is 9.98. The Hall–Kier alpha value is -1.77. The van der Waals surface area contributed by atoms with Gasteiger partial charge in [-0.3, -0.25) is 4.98 Å². The first-order valence-corrected chi connectivity index (χ1v) is 40.7. The Labute approximate surface area is 627 Å². The van der Waals surface area contributed by atoms with Crippen LogP contribution in [0.15, 0.2) is 24.5 Å². The van der Waals surface area contributed by atoms with Crippen LogP contribution in [0.2, 0.25) is 0 Å². The van der Waals surface area contributed by atoms with E-state index in [1.54, 1.807) is 0 Å². The summed E-state index contributed by atoms with van der Waals surface area (Å²) in [6.45, 7) is 41.6. The number of nitrogens with two attached hydrogens (primary N) is 4. The number of nitrogens with zero attached hydrogens (tertiary/aromatic N) is 13. The van der Waals surface area contributed by atoms with Gasteiger partial charge in [0.15, 0.2) is 0 Å². The van der Waals surface area contributed by atoms with E-state index in [0.717, 1.165) is 103 Å². The van der Waals surface area contributed by atoms with Crippen molar-refractivity contribution < 1.29 is 15.3 Å². The van der Waals surface area contributed by atoms with Crippen molar-refractivity contribution in [1.29, 1.82) is 0 Å². The van der Waals surface area contributed by atoms with E-state index < -0.39 is 0 Å². The monoisotopic (exact) mass is 1450 g/mol. The molecule has 0 radical (unpaired) electrons. The highest BCUT2D eigenvalue weighted by Gasteiger charge is 2.23. The Balaban J connectivity index is 0.000000379. The normalized spacial score (nSPS) is 29.5. The van der Waals surface area contributed by atoms with Gasteiger partial charge >= 0.3 is 0 Å². The first-order chi connectivity index (χ1) is 48.8. The highest BCUT2D eigenvalue weighted by atomic mass is 16.3. The van der Waals surface area contributed by atoms with Crippen molar-refractivity contribution in [2.75, 3.05) is 294 Å². The molecule has 0 aromatic carbocycles. The third-order valence-electron chi connectivity index (χ3n) is 21.5. The van der Waals surface area contributed by atoms with E-state index in [0.29, 0.717) is 48.8 Å². The summed E-state index contributed by atoms with van der Waals surface area (Å²) in [4.78, 5) is 31.9. The fourth-order valence-electron chi connectivity index (χ4n) is 14.9. The Kier molecular flexibility index (Phi) is 56.7. The van der Waals surface area contributed by atoms with E-state index in [9.17, 15) is 0 Å². The van der Waals surface area contributed by atoms with Crippen LogP contribution in [0.25, 0.3) is 0 Å². The van der Waals surface area contributed by atoms with Gasteiger partial charge in [-0.15, -0.1) is 0 Å². The van der Waals surface area contributed by atoms with Gasteiger partial charge < -0.3 is 118 Å². The molecule has 0 bridgehead atoms. The van der Waals surface area contributed by atoms with Crippen molar-refractivity contribution in [2.45, 2.75) is 165 Å². The number of hydrogen-bond acceptors (Lipinski definition) is 24. The number of nitrogens with one attached hydrogen (secondary N) is 4. The third-order valence-corrected chi connectivity index (χ3v) is 21.5. The Bertz CT molecular complexity index is 1910. The van der Waals surface area contributed by atoms with Gasteiger partial charge in [0.05, 0.1) is 12.7 Å². The Morgan fingerprint density at radius 3 is 1.23 bits per heavy atom. The number of pyridine rings is 1. The number of piperidine rings is 5. The molecule has 0 spiro atoms. The molecule has 102 heavy (non-hydrogen) atoms. The maximum absolute atomic E-state index is 8.86. The molecule has 1 aromatic rings. The zero-order chi connectivity index (χ0) is 75.5. The number of aliphatic hydroxyl groups excluding tert-OH is 3. The lowest BCUT2D eigenvalue weighted by molar-refractivity contribution is 0.182. The van der Waals surface area contributed by atoms with Crippen molar-refractivity contribution in [3.8, 4) is 0 Å². The number of hydrogen-bond donors (Lipinski definition) is 11. The van der Waals surface area contributed by atoms with Crippen molar-refractivity contribution in [3.05, 3.63) is 30.1 Å². The molecule has 604 valence electrons. The first kappa shape index (κ1) is 96.3. The molecule has 12 aliphatic heterocycles. The average Bonchev–Trinajstić information content (AvgIpc) is 1.71. The summed E-state index contributed by atoms with van der Waals surface area (Å²) in [7, 11) is 25.7. The van der Waals surface area contributed by atoms with E-state index in [-0.39, 0.29) is 12.7 Å². The minimum Gasteiger partial charge on any atom is -0.396 e. The van der Waals surface area contributed by atoms with Crippen LogP contribution in [0.1, 0.15) is 129 Å². The number of piperazine rings is 3. The van der Waals surface area contributed by atoms with Crippen LogP contribution >= 0.6 is 0 Å². The number of β-amino-alcohol motifs (C(OH)–C–C–N with tert-alkyl or cyclic N) is 1. The molecule has 24 nitrogen and oxygen atoms in total. The first-order valence-electron chi connectivity index (χ1n) is 40.7. The van der Waals surface area contributed by atoms with Crippen molar-refractivity contribution in [1.82, 2.24) is 85.1 Å². The van der Waals surface area contributed by atoms with Crippen LogP contribution < -0.4 is 44.2 Å². The molecular weight excluding hydrogens is 1280 g/mol. The van der Waals surface area contributed by atoms with Gasteiger partial charge in [0, 0.05) is 167 Å². The molecule has 13 rings (SSSR count). The topological polar surface area (TPSA) is 265 Å². The largest absolute Gasteiger partial charge is 0.396 e.